The van der Waals surface area contributed by atoms with Crippen LogP contribution in [0.3, 0.4) is 0 Å². The van der Waals surface area contributed by atoms with E-state index in [1.807, 2.05) is 24.6 Å². The van der Waals surface area contributed by atoms with Gasteiger partial charge in [0.2, 0.25) is 0 Å². The molecule has 0 aliphatic rings. The minimum atomic E-state index is -0.958. The van der Waals surface area contributed by atoms with Crippen molar-refractivity contribution in [1.29, 1.82) is 0 Å². The lowest BCUT2D eigenvalue weighted by Crippen LogP contribution is -2.24. The summed E-state index contributed by atoms with van der Waals surface area (Å²) in [5.74, 6) is 0.169. The Balaban J connectivity index is 2.83. The highest BCUT2D eigenvalue weighted by Gasteiger charge is 2.26. The van der Waals surface area contributed by atoms with E-state index in [1.54, 1.807) is 0 Å². The van der Waals surface area contributed by atoms with Crippen LogP contribution in [-0.2, 0) is 0 Å². The van der Waals surface area contributed by atoms with Gasteiger partial charge in [0.1, 0.15) is 6.17 Å². The molecular weight excluding hydrogens is 265 g/mol. The highest BCUT2D eigenvalue weighted by atomic mass is 79.9. The van der Waals surface area contributed by atoms with Gasteiger partial charge in [0, 0.05) is 21.3 Å². The maximum atomic E-state index is 14.0. The number of hydrogen-bond donors (Lipinski definition) is 1. The Bertz CT molecular complexity index is 287. The van der Waals surface area contributed by atoms with E-state index in [2.05, 4.69) is 15.9 Å². The fourth-order valence-electron chi connectivity index (χ4n) is 1.45. The van der Waals surface area contributed by atoms with Gasteiger partial charge in [-0.05, 0) is 33.8 Å². The van der Waals surface area contributed by atoms with Gasteiger partial charge in [0.25, 0.3) is 0 Å². The second-order valence-corrected chi connectivity index (χ2v) is 5.32. The highest BCUT2D eigenvalue weighted by Crippen LogP contribution is 2.36. The maximum Gasteiger partial charge on any atom is 0.131 e. The van der Waals surface area contributed by atoms with Crippen molar-refractivity contribution in [3.63, 3.8) is 0 Å². The molecule has 1 rings (SSSR count). The molecule has 0 saturated carbocycles. The first-order valence-corrected chi connectivity index (χ1v) is 6.37. The van der Waals surface area contributed by atoms with E-state index >= 15 is 0 Å². The molecule has 1 aromatic heterocycles. The summed E-state index contributed by atoms with van der Waals surface area (Å²) in [5.41, 5.74) is 6.31. The van der Waals surface area contributed by atoms with Crippen LogP contribution in [0, 0.1) is 11.8 Å². The first-order valence-electron chi connectivity index (χ1n) is 4.63. The minimum Gasteiger partial charge on any atom is -0.330 e. The van der Waals surface area contributed by atoms with Gasteiger partial charge < -0.3 is 5.73 Å². The zero-order valence-corrected chi connectivity index (χ0v) is 10.7. The minimum absolute atomic E-state index is 0.0964. The molecule has 1 aromatic rings. The van der Waals surface area contributed by atoms with E-state index in [4.69, 9.17) is 5.73 Å². The normalized spacial score (nSPS) is 15.9. The van der Waals surface area contributed by atoms with Crippen LogP contribution in [0.25, 0.3) is 0 Å². The summed E-state index contributed by atoms with van der Waals surface area (Å²) in [5, 5.41) is 3.75. The van der Waals surface area contributed by atoms with Crippen molar-refractivity contribution < 1.29 is 4.39 Å². The molecule has 0 amide bonds. The number of rotatable bonds is 4. The Labute approximate surface area is 96.6 Å². The maximum absolute atomic E-state index is 14.0. The molecule has 0 radical (unpaired) electrons. The third-order valence-corrected chi connectivity index (χ3v) is 4.20. The molecule has 0 spiro atoms. The summed E-state index contributed by atoms with van der Waals surface area (Å²) in [7, 11) is 0. The lowest BCUT2D eigenvalue weighted by atomic mass is 9.88. The van der Waals surface area contributed by atoms with Gasteiger partial charge in [0.05, 0.1) is 0 Å². The summed E-state index contributed by atoms with van der Waals surface area (Å²) in [6, 6.07) is 0. The predicted molar refractivity (Wildman–Crippen MR) is 63.3 cm³/mol. The van der Waals surface area contributed by atoms with Crippen molar-refractivity contribution >= 4 is 27.3 Å². The molecule has 1 heterocycles. The van der Waals surface area contributed by atoms with Gasteiger partial charge in [-0.15, -0.1) is 0 Å². The zero-order valence-electron chi connectivity index (χ0n) is 8.34. The smallest absolute Gasteiger partial charge is 0.131 e. The monoisotopic (exact) mass is 279 g/mol. The number of halogens is 2. The van der Waals surface area contributed by atoms with E-state index in [9.17, 15) is 4.39 Å². The molecule has 2 unspecified atom stereocenters. The molecular formula is C10H15BrFNS. The Morgan fingerprint density at radius 1 is 1.50 bits per heavy atom. The third kappa shape index (κ3) is 2.55. The number of nitrogens with two attached hydrogens (primary N) is 1. The van der Waals surface area contributed by atoms with Crippen LogP contribution in [0.2, 0.25) is 0 Å². The topological polar surface area (TPSA) is 26.0 Å². The summed E-state index contributed by atoms with van der Waals surface area (Å²) in [6.07, 6.45) is -0.958. The second-order valence-electron chi connectivity index (χ2n) is 3.72. The van der Waals surface area contributed by atoms with Crippen molar-refractivity contribution in [2.45, 2.75) is 20.0 Å². The van der Waals surface area contributed by atoms with Crippen molar-refractivity contribution in [2.24, 2.45) is 17.6 Å². The van der Waals surface area contributed by atoms with Gasteiger partial charge >= 0.3 is 0 Å². The molecule has 0 bridgehead atoms. The van der Waals surface area contributed by atoms with E-state index in [0.29, 0.717) is 6.54 Å². The largest absolute Gasteiger partial charge is 0.330 e. The Morgan fingerprint density at radius 2 is 2.14 bits per heavy atom. The van der Waals surface area contributed by atoms with Crippen LogP contribution in [0.5, 0.6) is 0 Å². The fourth-order valence-corrected chi connectivity index (χ4v) is 2.98. The number of thiophene rings is 1. The average Bonchev–Trinajstić information content (AvgIpc) is 2.51. The molecule has 14 heavy (non-hydrogen) atoms. The molecule has 0 fully saturated rings. The van der Waals surface area contributed by atoms with E-state index in [1.165, 1.54) is 11.3 Å². The SMILES string of the molecule is CC(C)C(CN)C(F)c1cscc1Br. The quantitative estimate of drug-likeness (QED) is 0.893. The molecule has 0 saturated heterocycles. The van der Waals surface area contributed by atoms with Gasteiger partial charge in [-0.1, -0.05) is 13.8 Å². The van der Waals surface area contributed by atoms with Crippen LogP contribution in [0.1, 0.15) is 25.6 Å². The van der Waals surface area contributed by atoms with Gasteiger partial charge in [0.15, 0.2) is 0 Å². The molecule has 4 heteroatoms. The second kappa shape index (κ2) is 5.24. The summed E-state index contributed by atoms with van der Waals surface area (Å²) >= 11 is 4.85. The molecule has 2 atom stereocenters. The zero-order chi connectivity index (χ0) is 10.7. The molecule has 80 valence electrons. The summed E-state index contributed by atoms with van der Waals surface area (Å²) in [4.78, 5) is 0. The van der Waals surface area contributed by atoms with Gasteiger partial charge in [-0.3, -0.25) is 0 Å². The summed E-state index contributed by atoms with van der Waals surface area (Å²) < 4.78 is 14.9. The standard InChI is InChI=1S/C10H15BrFNS/c1-6(2)7(3-13)10(12)8-4-14-5-9(8)11/h4-7,10H,3,13H2,1-2H3. The lowest BCUT2D eigenvalue weighted by Gasteiger charge is -2.22. The van der Waals surface area contributed by atoms with Gasteiger partial charge in [-0.2, -0.15) is 11.3 Å². The molecule has 0 aromatic carbocycles. The Morgan fingerprint density at radius 3 is 2.50 bits per heavy atom. The molecule has 0 aliphatic carbocycles. The molecule has 1 nitrogen and oxygen atoms in total. The van der Waals surface area contributed by atoms with Gasteiger partial charge in [-0.25, -0.2) is 4.39 Å². The van der Waals surface area contributed by atoms with Crippen molar-refractivity contribution in [2.75, 3.05) is 6.54 Å². The lowest BCUT2D eigenvalue weighted by molar-refractivity contribution is 0.188. The van der Waals surface area contributed by atoms with Crippen molar-refractivity contribution in [3.05, 3.63) is 20.8 Å². The van der Waals surface area contributed by atoms with Crippen molar-refractivity contribution in [1.82, 2.24) is 0 Å². The first-order chi connectivity index (χ1) is 6.57. The van der Waals surface area contributed by atoms with Crippen molar-refractivity contribution in [3.8, 4) is 0 Å². The Hall–Kier alpha value is 0.0700. The van der Waals surface area contributed by atoms with Crippen LogP contribution >= 0.6 is 27.3 Å². The van der Waals surface area contributed by atoms with Crippen LogP contribution in [0.4, 0.5) is 4.39 Å². The van der Waals surface area contributed by atoms with E-state index < -0.39 is 6.17 Å². The predicted octanol–water partition coefficient (Wildman–Crippen LogP) is 3.75. The highest BCUT2D eigenvalue weighted by molar-refractivity contribution is 9.10. The van der Waals surface area contributed by atoms with E-state index in [0.717, 1.165) is 10.0 Å². The summed E-state index contributed by atoms with van der Waals surface area (Å²) in [6.45, 7) is 4.40. The molecule has 2 N–H and O–H groups in total. The first kappa shape index (κ1) is 12.1. The number of alkyl halides is 1. The Kier molecular flexibility index (Phi) is 4.54. The van der Waals surface area contributed by atoms with Crippen LogP contribution in [0.15, 0.2) is 15.2 Å². The van der Waals surface area contributed by atoms with Crippen LogP contribution < -0.4 is 5.73 Å². The van der Waals surface area contributed by atoms with Crippen LogP contribution in [-0.4, -0.2) is 6.54 Å². The fraction of sp³-hybridized carbons (Fsp3) is 0.600. The van der Waals surface area contributed by atoms with E-state index in [-0.39, 0.29) is 11.8 Å². The number of hydrogen-bond acceptors (Lipinski definition) is 2. The average molecular weight is 280 g/mol. The molecule has 0 aliphatic heterocycles. The third-order valence-electron chi connectivity index (χ3n) is 2.44.